The summed E-state index contributed by atoms with van der Waals surface area (Å²) in [4.78, 5) is 12.2. The number of carbonyl (C=O) groups is 1. The molecule has 0 spiro atoms. The maximum atomic E-state index is 12.2. The zero-order valence-corrected chi connectivity index (χ0v) is 16.9. The van der Waals surface area contributed by atoms with Crippen LogP contribution in [0.2, 0.25) is 0 Å². The summed E-state index contributed by atoms with van der Waals surface area (Å²) in [7, 11) is 0. The summed E-state index contributed by atoms with van der Waals surface area (Å²) in [6.45, 7) is 0. The number of alkyl halides is 3. The second kappa shape index (κ2) is 9.59. The van der Waals surface area contributed by atoms with Crippen LogP contribution in [0.4, 0.5) is 5.00 Å². The number of carbonyl (C=O) groups excluding carboxylic acids is 1. The first-order valence-corrected chi connectivity index (χ1v) is 9.78. The number of nitrogens with one attached hydrogen (secondary N) is 3. The predicted octanol–water partition coefficient (Wildman–Crippen LogP) is 4.48. The molecule has 0 bridgehead atoms. The lowest BCUT2D eigenvalue weighted by atomic mass is 10.1. The molecule has 0 aliphatic heterocycles. The van der Waals surface area contributed by atoms with Gasteiger partial charge in [0.15, 0.2) is 5.11 Å². The number of hydrogen-bond donors (Lipinski definition) is 3. The van der Waals surface area contributed by atoms with Gasteiger partial charge in [-0.05, 0) is 41.7 Å². The Bertz CT molecular complexity index is 690. The third-order valence-electron chi connectivity index (χ3n) is 3.15. The molecule has 0 radical (unpaired) electrons. The molecule has 1 heterocycles. The molecule has 1 aromatic carbocycles. The van der Waals surface area contributed by atoms with Gasteiger partial charge >= 0.3 is 0 Å². The molecule has 4 nitrogen and oxygen atoms in total. The van der Waals surface area contributed by atoms with Crippen LogP contribution >= 0.6 is 58.4 Å². The van der Waals surface area contributed by atoms with Crippen LogP contribution in [0.5, 0.6) is 0 Å². The lowest BCUT2D eigenvalue weighted by Crippen LogP contribution is -2.56. The third kappa shape index (κ3) is 7.38. The minimum absolute atomic E-state index is 0.244. The van der Waals surface area contributed by atoms with E-state index in [1.165, 1.54) is 11.3 Å². The molecule has 0 fully saturated rings. The van der Waals surface area contributed by atoms with Gasteiger partial charge in [0.05, 0.1) is 5.00 Å². The molecule has 2 rings (SSSR count). The summed E-state index contributed by atoms with van der Waals surface area (Å²) in [6, 6.07) is 13.4. The highest BCUT2D eigenvalue weighted by molar-refractivity contribution is 7.80. The third-order valence-corrected chi connectivity index (χ3v) is 4.81. The second-order valence-corrected chi connectivity index (χ2v) is 8.83. The molecule has 1 aromatic heterocycles. The fraction of sp³-hybridized carbons (Fsp3) is 0.250. The average molecular weight is 437 g/mol. The molecule has 25 heavy (non-hydrogen) atoms. The van der Waals surface area contributed by atoms with E-state index in [9.17, 15) is 4.79 Å². The minimum atomic E-state index is -1.76. The van der Waals surface area contributed by atoms with Gasteiger partial charge < -0.3 is 16.0 Å². The zero-order valence-electron chi connectivity index (χ0n) is 13.0. The Hall–Kier alpha value is -1.05. The number of benzene rings is 1. The fourth-order valence-corrected chi connectivity index (χ4v) is 3.21. The normalized spacial score (nSPS) is 12.3. The van der Waals surface area contributed by atoms with Gasteiger partial charge in [-0.3, -0.25) is 4.79 Å². The van der Waals surface area contributed by atoms with Gasteiger partial charge in [-0.25, -0.2) is 0 Å². The smallest absolute Gasteiger partial charge is 0.228 e. The van der Waals surface area contributed by atoms with Crippen molar-refractivity contribution in [1.82, 2.24) is 10.6 Å². The largest absolute Gasteiger partial charge is 0.339 e. The van der Waals surface area contributed by atoms with E-state index in [2.05, 4.69) is 16.0 Å². The van der Waals surface area contributed by atoms with Crippen LogP contribution in [0.3, 0.4) is 0 Å². The summed E-state index contributed by atoms with van der Waals surface area (Å²) >= 11 is 24.5. The van der Waals surface area contributed by atoms with Gasteiger partial charge in [0.1, 0.15) is 6.17 Å². The summed E-state index contributed by atoms with van der Waals surface area (Å²) in [5.74, 6) is -0.244. The lowest BCUT2D eigenvalue weighted by molar-refractivity contribution is -0.121. The number of hydrogen-bond acceptors (Lipinski definition) is 3. The lowest BCUT2D eigenvalue weighted by Gasteiger charge is -2.27. The van der Waals surface area contributed by atoms with Crippen LogP contribution in [0.25, 0.3) is 0 Å². The molecular weight excluding hydrogens is 421 g/mol. The molecule has 134 valence electrons. The molecule has 9 heteroatoms. The summed E-state index contributed by atoms with van der Waals surface area (Å²) < 4.78 is -1.76. The van der Waals surface area contributed by atoms with E-state index in [1.807, 2.05) is 47.8 Å². The Morgan fingerprint density at radius 2 is 1.84 bits per heavy atom. The molecule has 0 saturated heterocycles. The Balaban J connectivity index is 1.88. The van der Waals surface area contributed by atoms with Crippen LogP contribution in [-0.4, -0.2) is 21.0 Å². The first-order valence-electron chi connectivity index (χ1n) is 7.35. The van der Waals surface area contributed by atoms with E-state index < -0.39 is 9.96 Å². The van der Waals surface area contributed by atoms with E-state index in [1.54, 1.807) is 0 Å². The average Bonchev–Trinajstić information content (AvgIpc) is 3.05. The van der Waals surface area contributed by atoms with Crippen molar-refractivity contribution in [2.45, 2.75) is 22.8 Å². The van der Waals surface area contributed by atoms with Gasteiger partial charge in [-0.1, -0.05) is 65.1 Å². The number of rotatable bonds is 6. The van der Waals surface area contributed by atoms with Crippen molar-refractivity contribution in [2.24, 2.45) is 0 Å². The van der Waals surface area contributed by atoms with Crippen molar-refractivity contribution < 1.29 is 4.79 Å². The van der Waals surface area contributed by atoms with E-state index in [4.69, 9.17) is 47.0 Å². The van der Waals surface area contributed by atoms with Crippen LogP contribution in [-0.2, 0) is 11.2 Å². The number of aryl methyl sites for hydroxylation is 1. The number of anilines is 1. The van der Waals surface area contributed by atoms with Crippen LogP contribution in [0, 0.1) is 0 Å². The van der Waals surface area contributed by atoms with E-state index in [-0.39, 0.29) is 17.4 Å². The van der Waals surface area contributed by atoms with Gasteiger partial charge in [0, 0.05) is 6.42 Å². The van der Waals surface area contributed by atoms with Crippen molar-refractivity contribution in [1.29, 1.82) is 0 Å². The van der Waals surface area contributed by atoms with Gasteiger partial charge in [0.2, 0.25) is 9.70 Å². The van der Waals surface area contributed by atoms with E-state index >= 15 is 0 Å². The molecule has 0 aliphatic carbocycles. The van der Waals surface area contributed by atoms with Crippen molar-refractivity contribution >= 4 is 74.4 Å². The predicted molar refractivity (Wildman–Crippen MR) is 111 cm³/mol. The molecule has 2 aromatic rings. The van der Waals surface area contributed by atoms with Crippen molar-refractivity contribution in [3.63, 3.8) is 0 Å². The van der Waals surface area contributed by atoms with Gasteiger partial charge in [-0.2, -0.15) is 0 Å². The van der Waals surface area contributed by atoms with Gasteiger partial charge in [0.25, 0.3) is 0 Å². The first-order chi connectivity index (χ1) is 11.8. The number of thiophene rings is 1. The Kier molecular flexibility index (Phi) is 7.78. The van der Waals surface area contributed by atoms with E-state index in [0.29, 0.717) is 6.42 Å². The summed E-state index contributed by atoms with van der Waals surface area (Å²) in [6.07, 6.45) is -0.0914. The van der Waals surface area contributed by atoms with Crippen LogP contribution in [0.1, 0.15) is 12.0 Å². The molecular formula is C16H16Cl3N3OS2. The molecule has 0 saturated carbocycles. The quantitative estimate of drug-likeness (QED) is 0.355. The highest BCUT2D eigenvalue weighted by Crippen LogP contribution is 2.29. The highest BCUT2D eigenvalue weighted by atomic mass is 35.6. The topological polar surface area (TPSA) is 53.2 Å². The maximum absolute atomic E-state index is 12.2. The molecule has 1 amide bonds. The Morgan fingerprint density at radius 1 is 1.12 bits per heavy atom. The van der Waals surface area contributed by atoms with Crippen LogP contribution in [0.15, 0.2) is 47.8 Å². The minimum Gasteiger partial charge on any atom is -0.339 e. The number of thiocarbonyl (C=S) groups is 1. The standard InChI is InChI=1S/C16H16Cl3N3OS2/c17-16(18,19)14(22-15(24)21-13-7-4-10-25-13)20-12(23)9-8-11-5-2-1-3-6-11/h1-7,10,14H,8-9H2,(H,20,23)(H2,21,22,24). The summed E-state index contributed by atoms with van der Waals surface area (Å²) in [5, 5.41) is 11.5. The molecule has 3 N–H and O–H groups in total. The molecule has 0 aliphatic rings. The SMILES string of the molecule is O=C(CCc1ccccc1)NC(NC(=S)Nc1cccs1)C(Cl)(Cl)Cl. The van der Waals surface area contributed by atoms with Crippen LogP contribution < -0.4 is 16.0 Å². The van der Waals surface area contributed by atoms with Crippen molar-refractivity contribution in [3.05, 3.63) is 53.4 Å². The highest BCUT2D eigenvalue weighted by Gasteiger charge is 2.34. The maximum Gasteiger partial charge on any atom is 0.228 e. The summed E-state index contributed by atoms with van der Waals surface area (Å²) in [5.41, 5.74) is 1.06. The second-order valence-electron chi connectivity index (χ2n) is 5.10. The number of amides is 1. The van der Waals surface area contributed by atoms with E-state index in [0.717, 1.165) is 10.6 Å². The van der Waals surface area contributed by atoms with Gasteiger partial charge in [-0.15, -0.1) is 11.3 Å². The molecule has 1 atom stereocenters. The first kappa shape index (κ1) is 20.3. The molecule has 1 unspecified atom stereocenters. The Morgan fingerprint density at radius 3 is 2.44 bits per heavy atom. The zero-order chi connectivity index (χ0) is 18.3. The van der Waals surface area contributed by atoms with Crippen molar-refractivity contribution in [3.8, 4) is 0 Å². The fourth-order valence-electron chi connectivity index (χ4n) is 1.96. The van der Waals surface area contributed by atoms with Crippen molar-refractivity contribution in [2.75, 3.05) is 5.32 Å². The number of halogens is 3. The Labute approximate surface area is 170 Å². The monoisotopic (exact) mass is 435 g/mol.